The third-order valence-corrected chi connectivity index (χ3v) is 2.94. The number of nitrogens with one attached hydrogen (secondary N) is 1. The average molecular weight is 249 g/mol. The van der Waals surface area contributed by atoms with Crippen LogP contribution in [0.2, 0.25) is 0 Å². The van der Waals surface area contributed by atoms with Crippen LogP contribution < -0.4 is 5.32 Å². The Hall–Kier alpha value is -1.35. The molecule has 1 aromatic carbocycles. The van der Waals surface area contributed by atoms with Gasteiger partial charge in [-0.2, -0.15) is 0 Å². The Morgan fingerprint density at radius 1 is 1.22 bits per heavy atom. The lowest BCUT2D eigenvalue weighted by molar-refractivity contribution is -0.143. The summed E-state index contributed by atoms with van der Waals surface area (Å²) in [6, 6.07) is 8.35. The highest BCUT2D eigenvalue weighted by Crippen LogP contribution is 2.11. The Morgan fingerprint density at radius 3 is 2.17 bits per heavy atom. The van der Waals surface area contributed by atoms with E-state index in [0.717, 1.165) is 12.0 Å². The Bertz CT molecular complexity index is 393. The van der Waals surface area contributed by atoms with Crippen molar-refractivity contribution in [1.82, 2.24) is 5.32 Å². The van der Waals surface area contributed by atoms with Gasteiger partial charge in [0.15, 0.2) is 0 Å². The molecule has 3 heteroatoms. The number of carboxylic acid groups (broad SMARTS) is 1. The van der Waals surface area contributed by atoms with E-state index in [1.54, 1.807) is 13.8 Å². The van der Waals surface area contributed by atoms with Gasteiger partial charge in [-0.25, -0.2) is 0 Å². The summed E-state index contributed by atoms with van der Waals surface area (Å²) >= 11 is 0. The molecule has 0 aliphatic rings. The maximum absolute atomic E-state index is 11.0. The maximum atomic E-state index is 11.0. The molecule has 0 unspecified atom stereocenters. The van der Waals surface area contributed by atoms with Crippen LogP contribution in [0.5, 0.6) is 0 Å². The number of carboxylic acids is 1. The fourth-order valence-electron chi connectivity index (χ4n) is 1.66. The number of carbonyl (C=O) groups is 1. The van der Waals surface area contributed by atoms with Crippen molar-refractivity contribution in [3.8, 4) is 0 Å². The Labute approximate surface area is 109 Å². The van der Waals surface area contributed by atoms with E-state index in [2.05, 4.69) is 43.4 Å². The minimum absolute atomic E-state index is 0.571. The van der Waals surface area contributed by atoms with Crippen LogP contribution in [-0.4, -0.2) is 16.6 Å². The second-order valence-electron chi connectivity index (χ2n) is 5.70. The summed E-state index contributed by atoms with van der Waals surface area (Å²) in [6.45, 7) is 8.31. The first kappa shape index (κ1) is 14.7. The van der Waals surface area contributed by atoms with Crippen LogP contribution in [0.25, 0.3) is 0 Å². The van der Waals surface area contributed by atoms with Crippen molar-refractivity contribution < 1.29 is 9.90 Å². The number of aliphatic carboxylic acids is 1. The van der Waals surface area contributed by atoms with Crippen LogP contribution >= 0.6 is 0 Å². The van der Waals surface area contributed by atoms with E-state index in [1.807, 2.05) is 0 Å². The number of hydrogen-bond donors (Lipinski definition) is 2. The smallest absolute Gasteiger partial charge is 0.323 e. The largest absolute Gasteiger partial charge is 0.480 e. The van der Waals surface area contributed by atoms with E-state index < -0.39 is 11.5 Å². The predicted molar refractivity (Wildman–Crippen MR) is 73.5 cm³/mol. The molecule has 0 aromatic heterocycles. The summed E-state index contributed by atoms with van der Waals surface area (Å²) in [7, 11) is 0. The molecule has 0 radical (unpaired) electrons. The van der Waals surface area contributed by atoms with Gasteiger partial charge in [0.1, 0.15) is 5.54 Å². The van der Waals surface area contributed by atoms with Crippen LogP contribution in [-0.2, 0) is 17.8 Å². The molecule has 18 heavy (non-hydrogen) atoms. The number of rotatable bonds is 6. The van der Waals surface area contributed by atoms with Crippen molar-refractivity contribution in [1.29, 1.82) is 0 Å². The van der Waals surface area contributed by atoms with Gasteiger partial charge < -0.3 is 5.11 Å². The Morgan fingerprint density at radius 2 is 1.72 bits per heavy atom. The molecule has 2 N–H and O–H groups in total. The van der Waals surface area contributed by atoms with Gasteiger partial charge in [0.2, 0.25) is 0 Å². The fourth-order valence-corrected chi connectivity index (χ4v) is 1.66. The lowest BCUT2D eigenvalue weighted by Gasteiger charge is -2.21. The lowest BCUT2D eigenvalue weighted by Crippen LogP contribution is -2.46. The normalized spacial score (nSPS) is 11.8. The molecule has 0 bridgehead atoms. The minimum atomic E-state index is -0.892. The lowest BCUT2D eigenvalue weighted by atomic mass is 10.0. The van der Waals surface area contributed by atoms with Crippen LogP contribution in [0.1, 0.15) is 38.8 Å². The summed E-state index contributed by atoms with van der Waals surface area (Å²) in [5.41, 5.74) is 1.54. The molecule has 3 nitrogen and oxygen atoms in total. The molecule has 0 saturated carbocycles. The summed E-state index contributed by atoms with van der Waals surface area (Å²) in [6.07, 6.45) is 1.08. The first-order valence-corrected chi connectivity index (χ1v) is 6.37. The van der Waals surface area contributed by atoms with Gasteiger partial charge in [0.25, 0.3) is 0 Å². The van der Waals surface area contributed by atoms with Crippen LogP contribution in [0.3, 0.4) is 0 Å². The molecule has 0 saturated heterocycles. The fraction of sp³-hybridized carbons (Fsp3) is 0.533. The van der Waals surface area contributed by atoms with E-state index in [1.165, 1.54) is 5.56 Å². The van der Waals surface area contributed by atoms with Gasteiger partial charge >= 0.3 is 5.97 Å². The van der Waals surface area contributed by atoms with Crippen molar-refractivity contribution in [3.63, 3.8) is 0 Å². The predicted octanol–water partition coefficient (Wildman–Crippen LogP) is 2.84. The summed E-state index contributed by atoms with van der Waals surface area (Å²) in [5.74, 6) is -0.182. The van der Waals surface area contributed by atoms with Crippen molar-refractivity contribution in [3.05, 3.63) is 35.4 Å². The van der Waals surface area contributed by atoms with E-state index in [0.29, 0.717) is 12.5 Å². The molecular formula is C15H23NO2. The zero-order valence-electron chi connectivity index (χ0n) is 11.7. The van der Waals surface area contributed by atoms with Crippen molar-refractivity contribution in [2.75, 3.05) is 0 Å². The highest BCUT2D eigenvalue weighted by Gasteiger charge is 2.25. The topological polar surface area (TPSA) is 49.3 Å². The maximum Gasteiger partial charge on any atom is 0.323 e. The molecule has 100 valence electrons. The molecule has 1 aromatic rings. The third-order valence-electron chi connectivity index (χ3n) is 2.94. The SMILES string of the molecule is CC(C)Cc1ccc(CNC(C)(C)C(=O)O)cc1. The van der Waals surface area contributed by atoms with Gasteiger partial charge in [-0.15, -0.1) is 0 Å². The highest BCUT2D eigenvalue weighted by atomic mass is 16.4. The third kappa shape index (κ3) is 4.49. The van der Waals surface area contributed by atoms with Gasteiger partial charge in [0.05, 0.1) is 0 Å². The molecule has 0 atom stereocenters. The first-order valence-electron chi connectivity index (χ1n) is 6.37. The standard InChI is InChI=1S/C15H23NO2/c1-11(2)9-12-5-7-13(8-6-12)10-16-15(3,4)14(17)18/h5-8,11,16H,9-10H2,1-4H3,(H,17,18). The number of hydrogen-bond acceptors (Lipinski definition) is 2. The Balaban J connectivity index is 2.57. The summed E-state index contributed by atoms with van der Waals surface area (Å²) in [4.78, 5) is 11.0. The van der Waals surface area contributed by atoms with Crippen molar-refractivity contribution in [2.24, 2.45) is 5.92 Å². The van der Waals surface area contributed by atoms with Gasteiger partial charge in [-0.3, -0.25) is 10.1 Å². The van der Waals surface area contributed by atoms with Gasteiger partial charge in [-0.1, -0.05) is 38.1 Å². The molecule has 0 aliphatic heterocycles. The van der Waals surface area contributed by atoms with Crippen LogP contribution in [0.15, 0.2) is 24.3 Å². The zero-order valence-corrected chi connectivity index (χ0v) is 11.7. The quantitative estimate of drug-likeness (QED) is 0.815. The molecular weight excluding hydrogens is 226 g/mol. The molecule has 0 heterocycles. The van der Waals surface area contributed by atoms with E-state index in [9.17, 15) is 4.79 Å². The van der Waals surface area contributed by atoms with Crippen molar-refractivity contribution >= 4 is 5.97 Å². The van der Waals surface area contributed by atoms with Crippen LogP contribution in [0, 0.1) is 5.92 Å². The van der Waals surface area contributed by atoms with Gasteiger partial charge in [0, 0.05) is 6.54 Å². The molecule has 1 rings (SSSR count). The molecule has 0 amide bonds. The average Bonchev–Trinajstić information content (AvgIpc) is 2.27. The molecule has 0 aliphatic carbocycles. The molecule has 0 spiro atoms. The van der Waals surface area contributed by atoms with Gasteiger partial charge in [-0.05, 0) is 37.3 Å². The molecule has 0 fully saturated rings. The minimum Gasteiger partial charge on any atom is -0.480 e. The second-order valence-corrected chi connectivity index (χ2v) is 5.70. The summed E-state index contributed by atoms with van der Waals surface area (Å²) in [5, 5.41) is 12.0. The Kier molecular flexibility index (Phi) is 4.91. The highest BCUT2D eigenvalue weighted by molar-refractivity contribution is 5.77. The van der Waals surface area contributed by atoms with E-state index >= 15 is 0 Å². The monoisotopic (exact) mass is 249 g/mol. The number of benzene rings is 1. The van der Waals surface area contributed by atoms with Crippen LogP contribution in [0.4, 0.5) is 0 Å². The van der Waals surface area contributed by atoms with E-state index in [-0.39, 0.29) is 0 Å². The first-order chi connectivity index (χ1) is 8.31. The van der Waals surface area contributed by atoms with E-state index in [4.69, 9.17) is 5.11 Å². The van der Waals surface area contributed by atoms with Crippen molar-refractivity contribution in [2.45, 2.75) is 46.2 Å². The second kappa shape index (κ2) is 6.01. The zero-order chi connectivity index (χ0) is 13.8. The summed E-state index contributed by atoms with van der Waals surface area (Å²) < 4.78 is 0.